The molecule has 0 aromatic heterocycles. The zero-order chi connectivity index (χ0) is 14.9. The van der Waals surface area contributed by atoms with Gasteiger partial charge in [-0.05, 0) is 49.7 Å². The van der Waals surface area contributed by atoms with Crippen molar-refractivity contribution >= 4 is 40.7 Å². The van der Waals surface area contributed by atoms with Crippen LogP contribution in [0.5, 0.6) is 0 Å². The number of benzene rings is 2. The van der Waals surface area contributed by atoms with Crippen molar-refractivity contribution < 1.29 is 9.18 Å². The predicted octanol–water partition coefficient (Wildman–Crippen LogP) is 5.79. The van der Waals surface area contributed by atoms with Crippen LogP contribution in [0.1, 0.15) is 22.8 Å². The molecule has 5 heteroatoms. The molecule has 0 bridgehead atoms. The average molecular weight is 329 g/mol. The highest BCUT2D eigenvalue weighted by molar-refractivity contribution is 7.99. The van der Waals surface area contributed by atoms with E-state index in [1.807, 2.05) is 0 Å². The van der Waals surface area contributed by atoms with Gasteiger partial charge in [-0.2, -0.15) is 0 Å². The molecule has 2 rings (SSSR count). The lowest BCUT2D eigenvalue weighted by molar-refractivity contribution is 0.101. The summed E-state index contributed by atoms with van der Waals surface area (Å²) in [5.41, 5.74) is 0.824. The molecule has 20 heavy (non-hydrogen) atoms. The predicted molar refractivity (Wildman–Crippen MR) is 81.7 cm³/mol. The Morgan fingerprint density at radius 3 is 2.50 bits per heavy atom. The molecule has 0 spiro atoms. The van der Waals surface area contributed by atoms with Crippen molar-refractivity contribution in [3.63, 3.8) is 0 Å². The number of Topliss-reactive ketones (excluding diaryl/α,β-unsaturated/α-hetero) is 1. The Balaban J connectivity index is 2.50. The summed E-state index contributed by atoms with van der Waals surface area (Å²) in [5, 5.41) is 1.09. The molecule has 2 aromatic rings. The van der Waals surface area contributed by atoms with E-state index in [-0.39, 0.29) is 5.78 Å². The molecular formula is C15H11Cl2FOS. The Hall–Kier alpha value is -1.03. The van der Waals surface area contributed by atoms with Crippen molar-refractivity contribution in [3.05, 3.63) is 57.3 Å². The van der Waals surface area contributed by atoms with Crippen molar-refractivity contribution in [2.75, 3.05) is 0 Å². The lowest BCUT2D eigenvalue weighted by atomic mass is 10.1. The summed E-state index contributed by atoms with van der Waals surface area (Å²) in [6, 6.07) is 8.01. The molecule has 0 saturated carbocycles. The van der Waals surface area contributed by atoms with Gasteiger partial charge in [0.2, 0.25) is 0 Å². The van der Waals surface area contributed by atoms with Crippen molar-refractivity contribution in [1.82, 2.24) is 0 Å². The first-order valence-electron chi connectivity index (χ1n) is 5.82. The monoisotopic (exact) mass is 328 g/mol. The third kappa shape index (κ3) is 3.35. The third-order valence-electron chi connectivity index (χ3n) is 2.75. The van der Waals surface area contributed by atoms with Crippen LogP contribution in [0.25, 0.3) is 0 Å². The van der Waals surface area contributed by atoms with Gasteiger partial charge in [0.15, 0.2) is 5.78 Å². The van der Waals surface area contributed by atoms with Crippen molar-refractivity contribution in [3.8, 4) is 0 Å². The first-order chi connectivity index (χ1) is 9.38. The summed E-state index contributed by atoms with van der Waals surface area (Å²) >= 11 is 13.4. The van der Waals surface area contributed by atoms with Gasteiger partial charge in [-0.15, -0.1) is 0 Å². The van der Waals surface area contributed by atoms with E-state index < -0.39 is 5.82 Å². The smallest absolute Gasteiger partial charge is 0.161 e. The molecule has 0 unspecified atom stereocenters. The maximum Gasteiger partial charge on any atom is 0.161 e. The zero-order valence-corrected chi connectivity index (χ0v) is 13.2. The van der Waals surface area contributed by atoms with Gasteiger partial charge in [-0.25, -0.2) is 4.39 Å². The van der Waals surface area contributed by atoms with E-state index in [2.05, 4.69) is 0 Å². The van der Waals surface area contributed by atoms with Crippen LogP contribution in [0.15, 0.2) is 40.1 Å². The van der Waals surface area contributed by atoms with E-state index >= 15 is 0 Å². The maximum atomic E-state index is 13.6. The van der Waals surface area contributed by atoms with Gasteiger partial charge in [-0.1, -0.05) is 35.0 Å². The highest BCUT2D eigenvalue weighted by Crippen LogP contribution is 2.37. The van der Waals surface area contributed by atoms with E-state index in [4.69, 9.17) is 23.2 Å². The molecule has 1 nitrogen and oxygen atoms in total. The molecule has 2 aromatic carbocycles. The molecule has 0 heterocycles. The number of carbonyl (C=O) groups excluding carboxylic acids is 1. The summed E-state index contributed by atoms with van der Waals surface area (Å²) in [6.45, 7) is 3.07. The molecular weight excluding hydrogens is 318 g/mol. The molecule has 0 radical (unpaired) electrons. The summed E-state index contributed by atoms with van der Waals surface area (Å²) in [7, 11) is 0. The number of halogens is 3. The second kappa shape index (κ2) is 6.17. The van der Waals surface area contributed by atoms with E-state index in [1.165, 1.54) is 24.8 Å². The van der Waals surface area contributed by atoms with Gasteiger partial charge in [-0.3, -0.25) is 4.79 Å². The highest BCUT2D eigenvalue weighted by Gasteiger charge is 2.14. The van der Waals surface area contributed by atoms with E-state index in [1.54, 1.807) is 31.2 Å². The van der Waals surface area contributed by atoms with Crippen LogP contribution in [-0.4, -0.2) is 5.78 Å². The molecule has 0 atom stereocenters. The fraction of sp³-hybridized carbons (Fsp3) is 0.133. The topological polar surface area (TPSA) is 17.1 Å². The van der Waals surface area contributed by atoms with Crippen LogP contribution < -0.4 is 0 Å². The van der Waals surface area contributed by atoms with Gasteiger partial charge in [0.05, 0.1) is 5.02 Å². The Morgan fingerprint density at radius 1 is 1.15 bits per heavy atom. The summed E-state index contributed by atoms with van der Waals surface area (Å²) < 4.78 is 13.6. The van der Waals surface area contributed by atoms with Crippen LogP contribution in [0.2, 0.25) is 10.0 Å². The van der Waals surface area contributed by atoms with Crippen LogP contribution in [0.3, 0.4) is 0 Å². The Bertz CT molecular complexity index is 686. The van der Waals surface area contributed by atoms with Crippen molar-refractivity contribution in [1.29, 1.82) is 0 Å². The molecule has 0 amide bonds. The van der Waals surface area contributed by atoms with Crippen molar-refractivity contribution in [2.24, 2.45) is 0 Å². The number of carbonyl (C=O) groups is 1. The second-order valence-electron chi connectivity index (χ2n) is 4.33. The van der Waals surface area contributed by atoms with Crippen LogP contribution >= 0.6 is 35.0 Å². The minimum absolute atomic E-state index is 0.190. The lowest BCUT2D eigenvalue weighted by Gasteiger charge is -2.10. The lowest BCUT2D eigenvalue weighted by Crippen LogP contribution is -1.98. The normalized spacial score (nSPS) is 10.7. The number of hydrogen-bond donors (Lipinski definition) is 0. The summed E-state index contributed by atoms with van der Waals surface area (Å²) in [5.74, 6) is -0.582. The van der Waals surface area contributed by atoms with Crippen LogP contribution in [0, 0.1) is 12.7 Å². The van der Waals surface area contributed by atoms with Gasteiger partial charge in [0.25, 0.3) is 0 Å². The van der Waals surface area contributed by atoms with Crippen LogP contribution in [0.4, 0.5) is 4.39 Å². The quantitative estimate of drug-likeness (QED) is 0.663. The molecule has 0 N–H and O–H groups in total. The molecule has 104 valence electrons. The highest BCUT2D eigenvalue weighted by atomic mass is 35.5. The number of hydrogen-bond acceptors (Lipinski definition) is 2. The van der Waals surface area contributed by atoms with E-state index in [0.29, 0.717) is 26.1 Å². The van der Waals surface area contributed by atoms with E-state index in [0.717, 1.165) is 4.90 Å². The zero-order valence-electron chi connectivity index (χ0n) is 10.8. The summed E-state index contributed by atoms with van der Waals surface area (Å²) in [6.07, 6.45) is 0. The van der Waals surface area contributed by atoms with Gasteiger partial charge in [0, 0.05) is 20.4 Å². The van der Waals surface area contributed by atoms with Gasteiger partial charge >= 0.3 is 0 Å². The second-order valence-corrected chi connectivity index (χ2v) is 6.26. The standard InChI is InChI=1S/C15H11Cl2FOS/c1-8-5-14(11(9(2)19)7-13(8)18)20-15-6-10(16)3-4-12(15)17/h3-7H,1-2H3. The third-order valence-corrected chi connectivity index (χ3v) is 4.55. The number of aryl methyl sites for hydroxylation is 1. The van der Waals surface area contributed by atoms with E-state index in [9.17, 15) is 9.18 Å². The summed E-state index contributed by atoms with van der Waals surface area (Å²) in [4.78, 5) is 13.0. The Labute approximate surface area is 131 Å². The molecule has 0 aliphatic carbocycles. The number of rotatable bonds is 3. The largest absolute Gasteiger partial charge is 0.294 e. The Morgan fingerprint density at radius 2 is 1.85 bits per heavy atom. The molecule has 0 fully saturated rings. The van der Waals surface area contributed by atoms with Crippen molar-refractivity contribution in [2.45, 2.75) is 23.6 Å². The Kier molecular flexibility index (Phi) is 4.74. The first kappa shape index (κ1) is 15.4. The minimum atomic E-state index is -0.392. The molecule has 0 saturated heterocycles. The van der Waals surface area contributed by atoms with Gasteiger partial charge < -0.3 is 0 Å². The maximum absolute atomic E-state index is 13.6. The average Bonchev–Trinajstić information content (AvgIpc) is 2.37. The molecule has 0 aliphatic rings. The molecule has 0 aliphatic heterocycles. The van der Waals surface area contributed by atoms with Crippen LogP contribution in [-0.2, 0) is 0 Å². The fourth-order valence-electron chi connectivity index (χ4n) is 1.69. The first-order valence-corrected chi connectivity index (χ1v) is 7.39. The number of ketones is 1. The SMILES string of the molecule is CC(=O)c1cc(F)c(C)cc1Sc1cc(Cl)ccc1Cl. The fourth-order valence-corrected chi connectivity index (χ4v) is 3.30. The van der Waals surface area contributed by atoms with Gasteiger partial charge in [0.1, 0.15) is 5.82 Å². The minimum Gasteiger partial charge on any atom is -0.294 e.